The van der Waals surface area contributed by atoms with Crippen LogP contribution in [0.5, 0.6) is 5.75 Å². The van der Waals surface area contributed by atoms with Crippen molar-refractivity contribution in [3.8, 4) is 5.75 Å². The van der Waals surface area contributed by atoms with Crippen LogP contribution in [-0.2, 0) is 4.79 Å². The van der Waals surface area contributed by atoms with Gasteiger partial charge in [-0.05, 0) is 25.5 Å². The summed E-state index contributed by atoms with van der Waals surface area (Å²) in [5, 5.41) is 7.89. The van der Waals surface area contributed by atoms with Crippen molar-refractivity contribution in [3.05, 3.63) is 23.4 Å². The van der Waals surface area contributed by atoms with E-state index in [4.69, 9.17) is 4.74 Å². The Morgan fingerprint density at radius 3 is 2.87 bits per heavy atom. The maximum Gasteiger partial charge on any atom is 0.308 e. The standard InChI is InChI=1S/C11H12N2O2/c1-6-4-10(15-8(3)14)7(2)9-5-12-13-11(6)9/h4-5H,1-3H3,(H,12,13). The first-order valence-electron chi connectivity index (χ1n) is 4.71. The molecule has 4 nitrogen and oxygen atoms in total. The van der Waals surface area contributed by atoms with Gasteiger partial charge in [0.15, 0.2) is 0 Å². The number of nitrogens with one attached hydrogen (secondary N) is 1. The number of hydrogen-bond acceptors (Lipinski definition) is 3. The molecule has 2 aromatic rings. The predicted octanol–water partition coefficient (Wildman–Crippen LogP) is 2.11. The molecule has 0 bridgehead atoms. The van der Waals surface area contributed by atoms with E-state index >= 15 is 0 Å². The van der Waals surface area contributed by atoms with Crippen molar-refractivity contribution in [2.45, 2.75) is 20.8 Å². The van der Waals surface area contributed by atoms with Crippen molar-refractivity contribution in [1.29, 1.82) is 0 Å². The minimum Gasteiger partial charge on any atom is -0.426 e. The lowest BCUT2D eigenvalue weighted by Gasteiger charge is -2.07. The highest BCUT2D eigenvalue weighted by Gasteiger charge is 2.10. The van der Waals surface area contributed by atoms with Gasteiger partial charge in [-0.3, -0.25) is 9.89 Å². The van der Waals surface area contributed by atoms with Gasteiger partial charge in [0.1, 0.15) is 5.75 Å². The number of H-pyrrole nitrogens is 1. The van der Waals surface area contributed by atoms with Gasteiger partial charge in [0, 0.05) is 17.9 Å². The summed E-state index contributed by atoms with van der Waals surface area (Å²) in [5.74, 6) is 0.300. The second-order valence-electron chi connectivity index (χ2n) is 3.57. The summed E-state index contributed by atoms with van der Waals surface area (Å²) >= 11 is 0. The van der Waals surface area contributed by atoms with Gasteiger partial charge in [0.25, 0.3) is 0 Å². The van der Waals surface area contributed by atoms with Gasteiger partial charge in [0.05, 0.1) is 11.7 Å². The van der Waals surface area contributed by atoms with Crippen molar-refractivity contribution >= 4 is 16.9 Å². The average Bonchev–Trinajstić information content (AvgIpc) is 2.61. The molecule has 0 unspecified atom stereocenters. The lowest BCUT2D eigenvalue weighted by Crippen LogP contribution is -2.03. The van der Waals surface area contributed by atoms with Crippen LogP contribution in [0.1, 0.15) is 18.1 Å². The molecule has 0 atom stereocenters. The molecule has 0 aliphatic rings. The van der Waals surface area contributed by atoms with Crippen molar-refractivity contribution in [3.63, 3.8) is 0 Å². The molecule has 0 saturated carbocycles. The van der Waals surface area contributed by atoms with Crippen LogP contribution < -0.4 is 4.74 Å². The summed E-state index contributed by atoms with van der Waals surface area (Å²) in [6.45, 7) is 5.26. The fourth-order valence-electron chi connectivity index (χ4n) is 1.64. The fraction of sp³-hybridized carbons (Fsp3) is 0.273. The topological polar surface area (TPSA) is 55.0 Å². The van der Waals surface area contributed by atoms with Crippen molar-refractivity contribution in [2.75, 3.05) is 0 Å². The first-order chi connectivity index (χ1) is 7.09. The van der Waals surface area contributed by atoms with Gasteiger partial charge in [-0.25, -0.2) is 0 Å². The summed E-state index contributed by atoms with van der Waals surface area (Å²) < 4.78 is 5.12. The molecule has 78 valence electrons. The zero-order valence-corrected chi connectivity index (χ0v) is 8.92. The Labute approximate surface area is 87.2 Å². The van der Waals surface area contributed by atoms with Gasteiger partial charge in [-0.15, -0.1) is 0 Å². The Morgan fingerprint density at radius 2 is 2.20 bits per heavy atom. The molecule has 2 rings (SSSR count). The second-order valence-corrected chi connectivity index (χ2v) is 3.57. The third kappa shape index (κ3) is 1.58. The summed E-state index contributed by atoms with van der Waals surface area (Å²) in [7, 11) is 0. The van der Waals surface area contributed by atoms with Gasteiger partial charge in [0.2, 0.25) is 0 Å². The number of hydrogen-bond donors (Lipinski definition) is 1. The molecular formula is C11H12N2O2. The van der Waals surface area contributed by atoms with Crippen LogP contribution in [-0.4, -0.2) is 16.2 Å². The Bertz CT molecular complexity index is 529. The third-order valence-electron chi connectivity index (χ3n) is 2.41. The molecule has 0 aliphatic heterocycles. The summed E-state index contributed by atoms with van der Waals surface area (Å²) in [6, 6.07) is 1.84. The molecule has 0 saturated heterocycles. The molecule has 1 N–H and O–H groups in total. The van der Waals surface area contributed by atoms with E-state index < -0.39 is 0 Å². The first-order valence-corrected chi connectivity index (χ1v) is 4.71. The quantitative estimate of drug-likeness (QED) is 0.571. The highest BCUT2D eigenvalue weighted by atomic mass is 16.5. The number of esters is 1. The molecule has 0 aliphatic carbocycles. The normalized spacial score (nSPS) is 10.6. The number of carbonyl (C=O) groups excluding carboxylic acids is 1. The number of carbonyl (C=O) groups is 1. The maximum absolute atomic E-state index is 10.9. The highest BCUT2D eigenvalue weighted by molar-refractivity contribution is 5.87. The summed E-state index contributed by atoms with van der Waals surface area (Å²) in [4.78, 5) is 10.9. The van der Waals surface area contributed by atoms with Crippen LogP contribution in [0.3, 0.4) is 0 Å². The predicted molar refractivity (Wildman–Crippen MR) is 56.9 cm³/mol. The largest absolute Gasteiger partial charge is 0.426 e. The van der Waals surface area contributed by atoms with Gasteiger partial charge < -0.3 is 4.74 Å². The van der Waals surface area contributed by atoms with Crippen LogP contribution >= 0.6 is 0 Å². The monoisotopic (exact) mass is 204 g/mol. The zero-order valence-electron chi connectivity index (χ0n) is 8.92. The Balaban J connectivity index is 2.65. The average molecular weight is 204 g/mol. The summed E-state index contributed by atoms with van der Waals surface area (Å²) in [5.41, 5.74) is 2.94. The molecule has 0 radical (unpaired) electrons. The summed E-state index contributed by atoms with van der Waals surface area (Å²) in [6.07, 6.45) is 1.74. The lowest BCUT2D eigenvalue weighted by atomic mass is 10.1. The number of rotatable bonds is 1. The molecule has 15 heavy (non-hydrogen) atoms. The van der Waals surface area contributed by atoms with E-state index in [0.29, 0.717) is 5.75 Å². The van der Waals surface area contributed by atoms with Crippen LogP contribution in [0, 0.1) is 13.8 Å². The third-order valence-corrected chi connectivity index (χ3v) is 2.41. The second kappa shape index (κ2) is 3.38. The first kappa shape index (κ1) is 9.71. The van der Waals surface area contributed by atoms with Crippen molar-refractivity contribution in [1.82, 2.24) is 10.2 Å². The Hall–Kier alpha value is -1.84. The maximum atomic E-state index is 10.9. The van der Waals surface area contributed by atoms with E-state index in [1.807, 2.05) is 19.9 Å². The lowest BCUT2D eigenvalue weighted by molar-refractivity contribution is -0.131. The van der Waals surface area contributed by atoms with Gasteiger partial charge in [-0.2, -0.15) is 5.10 Å². The van der Waals surface area contributed by atoms with E-state index in [1.54, 1.807) is 6.20 Å². The zero-order chi connectivity index (χ0) is 11.0. The van der Waals surface area contributed by atoms with Gasteiger partial charge >= 0.3 is 5.97 Å². The number of aromatic nitrogens is 2. The van der Waals surface area contributed by atoms with E-state index in [-0.39, 0.29) is 5.97 Å². The molecule has 1 heterocycles. The number of ether oxygens (including phenoxy) is 1. The minimum atomic E-state index is -0.305. The van der Waals surface area contributed by atoms with E-state index in [1.165, 1.54) is 6.92 Å². The minimum absolute atomic E-state index is 0.305. The number of aryl methyl sites for hydroxylation is 2. The van der Waals surface area contributed by atoms with Crippen LogP contribution in [0.15, 0.2) is 12.3 Å². The smallest absolute Gasteiger partial charge is 0.308 e. The Morgan fingerprint density at radius 1 is 1.47 bits per heavy atom. The number of nitrogens with zero attached hydrogens (tertiary/aromatic N) is 1. The molecule has 0 spiro atoms. The molecule has 1 aromatic heterocycles. The molecule has 1 aromatic carbocycles. The van der Waals surface area contributed by atoms with Crippen LogP contribution in [0.4, 0.5) is 0 Å². The van der Waals surface area contributed by atoms with Crippen molar-refractivity contribution in [2.24, 2.45) is 0 Å². The highest BCUT2D eigenvalue weighted by Crippen LogP contribution is 2.28. The number of aromatic amines is 1. The van der Waals surface area contributed by atoms with Gasteiger partial charge in [-0.1, -0.05) is 0 Å². The molecule has 0 amide bonds. The SMILES string of the molecule is CC(=O)Oc1cc(C)c2[nH]ncc2c1C. The number of fused-ring (bicyclic) bond motifs is 1. The van der Waals surface area contributed by atoms with E-state index in [9.17, 15) is 4.79 Å². The van der Waals surface area contributed by atoms with Crippen LogP contribution in [0.2, 0.25) is 0 Å². The van der Waals surface area contributed by atoms with E-state index in [2.05, 4.69) is 10.2 Å². The van der Waals surface area contributed by atoms with Crippen molar-refractivity contribution < 1.29 is 9.53 Å². The van der Waals surface area contributed by atoms with Crippen LogP contribution in [0.25, 0.3) is 10.9 Å². The number of benzene rings is 1. The Kier molecular flexibility index (Phi) is 2.19. The fourth-order valence-corrected chi connectivity index (χ4v) is 1.64. The molecular weight excluding hydrogens is 192 g/mol. The molecule has 0 fully saturated rings. The molecule has 4 heteroatoms. The van der Waals surface area contributed by atoms with E-state index in [0.717, 1.165) is 22.0 Å².